The zero-order valence-corrected chi connectivity index (χ0v) is 14.6. The molecule has 0 saturated heterocycles. The lowest BCUT2D eigenvalue weighted by atomic mass is 10.1. The molecule has 2 aromatic carbocycles. The third-order valence-electron chi connectivity index (χ3n) is 4.01. The maximum Gasteiger partial charge on any atom is 0.339 e. The van der Waals surface area contributed by atoms with Crippen LogP contribution in [-0.2, 0) is 9.53 Å². The van der Waals surface area contributed by atoms with Crippen LogP contribution in [-0.4, -0.2) is 29.7 Å². The van der Waals surface area contributed by atoms with Gasteiger partial charge in [-0.1, -0.05) is 6.07 Å². The summed E-state index contributed by atoms with van der Waals surface area (Å²) in [6.07, 6.45) is -1.11. The van der Waals surface area contributed by atoms with Crippen LogP contribution >= 0.6 is 0 Å². The van der Waals surface area contributed by atoms with Crippen LogP contribution in [0.1, 0.15) is 22.8 Å². The molecule has 0 radical (unpaired) electrons. The first-order valence-electron chi connectivity index (χ1n) is 8.02. The molecule has 9 heteroatoms. The molecular weight excluding hydrogens is 356 g/mol. The number of anilines is 1. The summed E-state index contributed by atoms with van der Waals surface area (Å²) in [5.74, 6) is -0.284. The summed E-state index contributed by atoms with van der Waals surface area (Å²) >= 11 is 0. The molecule has 27 heavy (non-hydrogen) atoms. The number of nitro groups is 1. The van der Waals surface area contributed by atoms with Crippen molar-refractivity contribution in [3.63, 3.8) is 0 Å². The predicted octanol–water partition coefficient (Wildman–Crippen LogP) is 2.82. The van der Waals surface area contributed by atoms with Gasteiger partial charge in [-0.05, 0) is 32.0 Å². The van der Waals surface area contributed by atoms with Crippen LogP contribution in [0.5, 0.6) is 11.5 Å². The molecule has 9 nitrogen and oxygen atoms in total. The van der Waals surface area contributed by atoms with Crippen molar-refractivity contribution in [3.05, 3.63) is 57.6 Å². The van der Waals surface area contributed by atoms with Crippen LogP contribution < -0.4 is 14.8 Å². The Bertz CT molecular complexity index is 926. The van der Waals surface area contributed by atoms with Crippen molar-refractivity contribution in [2.75, 3.05) is 12.1 Å². The van der Waals surface area contributed by atoms with Crippen molar-refractivity contribution in [2.45, 2.75) is 20.0 Å². The molecular formula is C18H16N2O7. The third-order valence-corrected chi connectivity index (χ3v) is 4.01. The number of benzene rings is 2. The van der Waals surface area contributed by atoms with Gasteiger partial charge in [0.25, 0.3) is 11.6 Å². The normalized spacial score (nSPS) is 13.0. The van der Waals surface area contributed by atoms with Crippen molar-refractivity contribution in [1.29, 1.82) is 0 Å². The lowest BCUT2D eigenvalue weighted by Gasteiger charge is -2.14. The lowest BCUT2D eigenvalue weighted by Crippen LogP contribution is -2.30. The number of ether oxygens (including phenoxy) is 3. The summed E-state index contributed by atoms with van der Waals surface area (Å²) in [6.45, 7) is 2.97. The van der Waals surface area contributed by atoms with Gasteiger partial charge in [-0.3, -0.25) is 14.9 Å². The third kappa shape index (κ3) is 3.81. The molecule has 0 aromatic heterocycles. The van der Waals surface area contributed by atoms with Gasteiger partial charge in [-0.15, -0.1) is 0 Å². The summed E-state index contributed by atoms with van der Waals surface area (Å²) < 4.78 is 15.6. The monoisotopic (exact) mass is 372 g/mol. The molecule has 0 fully saturated rings. The average molecular weight is 372 g/mol. The molecule has 1 heterocycles. The molecule has 1 atom stereocenters. The number of carbonyl (C=O) groups excluding carboxylic acids is 2. The Labute approximate surface area is 154 Å². The standard InChI is InChI=1S/C18H16N2O7/c1-10-13(4-3-5-14(10)20(23)24)18(22)27-11(2)17(21)19-12-6-7-15-16(8-12)26-9-25-15/h3-8,11H,9H2,1-2H3,(H,19,21)/t11-/m0/s1. The van der Waals surface area contributed by atoms with Gasteiger partial charge in [-0.2, -0.15) is 0 Å². The highest BCUT2D eigenvalue weighted by Gasteiger charge is 2.24. The van der Waals surface area contributed by atoms with Gasteiger partial charge in [0, 0.05) is 23.4 Å². The highest BCUT2D eigenvalue weighted by atomic mass is 16.7. The van der Waals surface area contributed by atoms with E-state index in [-0.39, 0.29) is 23.6 Å². The first-order valence-corrected chi connectivity index (χ1v) is 8.02. The van der Waals surface area contributed by atoms with E-state index in [0.717, 1.165) is 0 Å². The molecule has 140 valence electrons. The first kappa shape index (κ1) is 18.2. The maximum atomic E-state index is 12.3. The van der Waals surface area contributed by atoms with Crippen LogP contribution in [0, 0.1) is 17.0 Å². The lowest BCUT2D eigenvalue weighted by molar-refractivity contribution is -0.385. The Balaban J connectivity index is 1.67. The zero-order chi connectivity index (χ0) is 19.6. The van der Waals surface area contributed by atoms with Gasteiger partial charge >= 0.3 is 5.97 Å². The molecule has 0 bridgehead atoms. The summed E-state index contributed by atoms with van der Waals surface area (Å²) in [7, 11) is 0. The molecule has 0 spiro atoms. The van der Waals surface area contributed by atoms with Crippen molar-refractivity contribution in [3.8, 4) is 11.5 Å². The number of amides is 1. The second-order valence-electron chi connectivity index (χ2n) is 5.81. The quantitative estimate of drug-likeness (QED) is 0.487. The molecule has 2 aromatic rings. The highest BCUT2D eigenvalue weighted by molar-refractivity contribution is 5.98. The van der Waals surface area contributed by atoms with E-state index in [0.29, 0.717) is 17.2 Å². The molecule has 0 unspecified atom stereocenters. The number of hydrogen-bond acceptors (Lipinski definition) is 7. The van der Waals surface area contributed by atoms with Crippen LogP contribution in [0.25, 0.3) is 0 Å². The topological polar surface area (TPSA) is 117 Å². The number of hydrogen-bond donors (Lipinski definition) is 1. The summed E-state index contributed by atoms with van der Waals surface area (Å²) in [5, 5.41) is 13.6. The van der Waals surface area contributed by atoms with Crippen molar-refractivity contribution >= 4 is 23.3 Å². The van der Waals surface area contributed by atoms with E-state index in [1.807, 2.05) is 0 Å². The molecule has 3 rings (SSSR count). The Hall–Kier alpha value is -3.62. The molecule has 0 saturated carbocycles. The van der Waals surface area contributed by atoms with Gasteiger partial charge in [0.15, 0.2) is 17.6 Å². The van der Waals surface area contributed by atoms with Crippen LogP contribution in [0.15, 0.2) is 36.4 Å². The summed E-state index contributed by atoms with van der Waals surface area (Å²) in [5.41, 5.74) is 0.475. The second kappa shape index (κ2) is 7.32. The van der Waals surface area contributed by atoms with E-state index in [1.165, 1.54) is 32.0 Å². The van der Waals surface area contributed by atoms with Gasteiger partial charge in [0.2, 0.25) is 6.79 Å². The fourth-order valence-electron chi connectivity index (χ4n) is 2.54. The summed E-state index contributed by atoms with van der Waals surface area (Å²) in [6, 6.07) is 8.97. The Morgan fingerprint density at radius 2 is 1.96 bits per heavy atom. The van der Waals surface area contributed by atoms with E-state index in [4.69, 9.17) is 14.2 Å². The number of nitro benzene ring substituents is 1. The van der Waals surface area contributed by atoms with Gasteiger partial charge in [-0.25, -0.2) is 4.79 Å². The van der Waals surface area contributed by atoms with E-state index in [1.54, 1.807) is 18.2 Å². The molecule has 1 aliphatic heterocycles. The van der Waals surface area contributed by atoms with Gasteiger partial charge in [0.05, 0.1) is 10.5 Å². The smallest absolute Gasteiger partial charge is 0.339 e. The van der Waals surface area contributed by atoms with E-state index in [9.17, 15) is 19.7 Å². The number of esters is 1. The molecule has 1 aliphatic rings. The Kier molecular flexibility index (Phi) is 4.93. The van der Waals surface area contributed by atoms with Crippen LogP contribution in [0.3, 0.4) is 0 Å². The van der Waals surface area contributed by atoms with Crippen LogP contribution in [0.4, 0.5) is 11.4 Å². The molecule has 1 amide bonds. The first-order chi connectivity index (χ1) is 12.9. The van der Waals surface area contributed by atoms with Gasteiger partial charge < -0.3 is 19.5 Å². The van der Waals surface area contributed by atoms with E-state index < -0.39 is 22.9 Å². The van der Waals surface area contributed by atoms with Crippen molar-refractivity contribution in [2.24, 2.45) is 0 Å². The highest BCUT2D eigenvalue weighted by Crippen LogP contribution is 2.34. The fourth-order valence-corrected chi connectivity index (χ4v) is 2.54. The molecule has 0 aliphatic carbocycles. The van der Waals surface area contributed by atoms with Gasteiger partial charge in [0.1, 0.15) is 0 Å². The number of nitrogens with one attached hydrogen (secondary N) is 1. The largest absolute Gasteiger partial charge is 0.454 e. The van der Waals surface area contributed by atoms with Crippen molar-refractivity contribution < 1.29 is 28.7 Å². The zero-order valence-electron chi connectivity index (χ0n) is 14.6. The van der Waals surface area contributed by atoms with Crippen molar-refractivity contribution in [1.82, 2.24) is 0 Å². The minimum atomic E-state index is -1.11. The maximum absolute atomic E-state index is 12.3. The SMILES string of the molecule is Cc1c(C(=O)O[C@@H](C)C(=O)Nc2ccc3c(c2)OCO3)cccc1[N+](=O)[O-]. The Morgan fingerprint density at radius 3 is 2.70 bits per heavy atom. The van der Waals surface area contributed by atoms with E-state index >= 15 is 0 Å². The molecule has 1 N–H and O–H groups in total. The fraction of sp³-hybridized carbons (Fsp3) is 0.222. The Morgan fingerprint density at radius 1 is 1.22 bits per heavy atom. The minimum Gasteiger partial charge on any atom is -0.454 e. The van der Waals surface area contributed by atoms with Crippen LogP contribution in [0.2, 0.25) is 0 Å². The number of fused-ring (bicyclic) bond motifs is 1. The summed E-state index contributed by atoms with van der Waals surface area (Å²) in [4.78, 5) is 35.0. The number of carbonyl (C=O) groups is 2. The number of nitrogens with zero attached hydrogens (tertiary/aromatic N) is 1. The second-order valence-corrected chi connectivity index (χ2v) is 5.81. The number of rotatable bonds is 5. The minimum absolute atomic E-state index is 0.0342. The predicted molar refractivity (Wildman–Crippen MR) is 93.9 cm³/mol. The van der Waals surface area contributed by atoms with E-state index in [2.05, 4.69) is 5.32 Å². The average Bonchev–Trinajstić information content (AvgIpc) is 3.09.